The quantitative estimate of drug-likeness (QED) is 0.441. The van der Waals surface area contributed by atoms with E-state index in [1.54, 1.807) is 6.21 Å². The molecule has 2 aromatic rings. The van der Waals surface area contributed by atoms with Crippen molar-refractivity contribution in [3.8, 4) is 0 Å². The number of aryl methyl sites for hydroxylation is 1. The molecule has 0 fully saturated rings. The Morgan fingerprint density at radius 3 is 2.52 bits per heavy atom. The summed E-state index contributed by atoms with van der Waals surface area (Å²) in [5.74, 6) is -0.363. The summed E-state index contributed by atoms with van der Waals surface area (Å²) >= 11 is 1.25. The summed E-state index contributed by atoms with van der Waals surface area (Å²) in [6, 6.07) is 8.22. The molecule has 1 heterocycles. The van der Waals surface area contributed by atoms with Crippen LogP contribution in [0.4, 0.5) is 10.8 Å². The maximum Gasteiger partial charge on any atom is 0.350 e. The number of carbonyl (C=O) groups excluding carboxylic acids is 1. The number of benzene rings is 1. The van der Waals surface area contributed by atoms with Gasteiger partial charge in [-0.1, -0.05) is 30.4 Å². The molecule has 0 saturated carbocycles. The van der Waals surface area contributed by atoms with Gasteiger partial charge >= 0.3 is 5.97 Å². The number of nitrogens with one attached hydrogen (secondary N) is 1. The number of esters is 1. The van der Waals surface area contributed by atoms with E-state index in [0.717, 1.165) is 24.3 Å². The van der Waals surface area contributed by atoms with Crippen LogP contribution in [0.2, 0.25) is 0 Å². The van der Waals surface area contributed by atoms with Gasteiger partial charge in [0.25, 0.3) is 0 Å². The number of hydrazone groups is 1. The van der Waals surface area contributed by atoms with E-state index in [1.165, 1.54) is 24.1 Å². The first-order valence-corrected chi connectivity index (χ1v) is 9.16. The van der Waals surface area contributed by atoms with Gasteiger partial charge < -0.3 is 9.64 Å². The first kappa shape index (κ1) is 18.9. The lowest BCUT2D eigenvalue weighted by molar-refractivity contribution is 0.0605. The second-order valence-electron chi connectivity index (χ2n) is 5.27. The van der Waals surface area contributed by atoms with Gasteiger partial charge in [0, 0.05) is 18.8 Å². The third-order valence-corrected chi connectivity index (χ3v) is 4.78. The standard InChI is InChI=1S/C18H24N4O2S/c1-5-15-16(17(23)24-4)25-18(20-15)21-19-12-13-8-10-14(11-9-13)22(6-2)7-3/h8-12H,5-7H2,1-4H3,(H,20,21)/b19-12-. The van der Waals surface area contributed by atoms with Gasteiger partial charge in [0.05, 0.1) is 19.0 Å². The number of anilines is 2. The van der Waals surface area contributed by atoms with Crippen LogP contribution >= 0.6 is 11.3 Å². The van der Waals surface area contributed by atoms with E-state index in [0.29, 0.717) is 16.4 Å². The molecular formula is C18H24N4O2S. The maximum absolute atomic E-state index is 11.7. The average molecular weight is 360 g/mol. The van der Waals surface area contributed by atoms with Gasteiger partial charge in [-0.2, -0.15) is 5.10 Å². The SMILES string of the molecule is CCc1nc(N/N=C\c2ccc(N(CC)CC)cc2)sc1C(=O)OC. The summed E-state index contributed by atoms with van der Waals surface area (Å²) in [5, 5.41) is 4.78. The number of hydrogen-bond donors (Lipinski definition) is 1. The highest BCUT2D eigenvalue weighted by Crippen LogP contribution is 2.24. The summed E-state index contributed by atoms with van der Waals surface area (Å²) in [6.45, 7) is 8.20. The number of nitrogens with zero attached hydrogens (tertiary/aromatic N) is 3. The Balaban J connectivity index is 2.03. The zero-order valence-corrected chi connectivity index (χ0v) is 15.9. The maximum atomic E-state index is 11.7. The first-order chi connectivity index (χ1) is 12.1. The number of carbonyl (C=O) groups is 1. The van der Waals surface area contributed by atoms with Crippen LogP contribution in [0.3, 0.4) is 0 Å². The molecule has 0 atom stereocenters. The lowest BCUT2D eigenvalue weighted by Crippen LogP contribution is -2.21. The molecule has 0 radical (unpaired) electrons. The number of aromatic nitrogens is 1. The highest BCUT2D eigenvalue weighted by Gasteiger charge is 2.17. The second kappa shape index (κ2) is 9.17. The number of methoxy groups -OCH3 is 1. The molecule has 0 saturated heterocycles. The van der Waals surface area contributed by atoms with E-state index in [9.17, 15) is 4.79 Å². The van der Waals surface area contributed by atoms with Gasteiger partial charge in [-0.3, -0.25) is 5.43 Å². The smallest absolute Gasteiger partial charge is 0.350 e. The van der Waals surface area contributed by atoms with E-state index in [1.807, 2.05) is 19.1 Å². The molecule has 0 unspecified atom stereocenters. The topological polar surface area (TPSA) is 66.8 Å². The highest BCUT2D eigenvalue weighted by atomic mass is 32.1. The van der Waals surface area contributed by atoms with E-state index >= 15 is 0 Å². The molecule has 0 bridgehead atoms. The van der Waals surface area contributed by atoms with E-state index in [4.69, 9.17) is 4.74 Å². The molecule has 25 heavy (non-hydrogen) atoms. The zero-order valence-electron chi connectivity index (χ0n) is 15.1. The van der Waals surface area contributed by atoms with Gasteiger partial charge in [0.2, 0.25) is 5.13 Å². The Bertz CT molecular complexity index is 721. The van der Waals surface area contributed by atoms with Crippen molar-refractivity contribution in [3.63, 3.8) is 0 Å². The van der Waals surface area contributed by atoms with Crippen molar-refractivity contribution in [3.05, 3.63) is 40.4 Å². The fraction of sp³-hybridized carbons (Fsp3) is 0.389. The number of thiazole rings is 1. The van der Waals surface area contributed by atoms with Crippen LogP contribution in [0, 0.1) is 0 Å². The minimum absolute atomic E-state index is 0.363. The minimum atomic E-state index is -0.363. The zero-order chi connectivity index (χ0) is 18.2. The van der Waals surface area contributed by atoms with Gasteiger partial charge in [-0.05, 0) is 38.0 Å². The first-order valence-electron chi connectivity index (χ1n) is 8.34. The summed E-state index contributed by atoms with van der Waals surface area (Å²) < 4.78 is 4.78. The Kier molecular flexibility index (Phi) is 6.94. The molecule has 0 aliphatic heterocycles. The van der Waals surface area contributed by atoms with Crippen LogP contribution in [-0.2, 0) is 11.2 Å². The molecule has 0 aliphatic rings. The lowest BCUT2D eigenvalue weighted by Gasteiger charge is -2.20. The van der Waals surface area contributed by atoms with Gasteiger partial charge in [-0.25, -0.2) is 9.78 Å². The summed E-state index contributed by atoms with van der Waals surface area (Å²) in [4.78, 5) is 18.9. The summed E-state index contributed by atoms with van der Waals surface area (Å²) in [7, 11) is 1.37. The van der Waals surface area contributed by atoms with Crippen molar-refractivity contribution in [2.75, 3.05) is 30.5 Å². The lowest BCUT2D eigenvalue weighted by atomic mass is 10.2. The normalized spacial score (nSPS) is 10.9. The summed E-state index contributed by atoms with van der Waals surface area (Å²) in [6.07, 6.45) is 2.40. The molecule has 6 nitrogen and oxygen atoms in total. The van der Waals surface area contributed by atoms with E-state index in [2.05, 4.69) is 46.4 Å². The van der Waals surface area contributed by atoms with E-state index < -0.39 is 0 Å². The molecule has 2 rings (SSSR count). The molecular weight excluding hydrogens is 336 g/mol. The molecule has 1 N–H and O–H groups in total. The largest absolute Gasteiger partial charge is 0.465 e. The Labute approximate surface area is 152 Å². The highest BCUT2D eigenvalue weighted by molar-refractivity contribution is 7.17. The summed E-state index contributed by atoms with van der Waals surface area (Å²) in [5.41, 5.74) is 5.80. The van der Waals surface area contributed by atoms with Crippen molar-refractivity contribution >= 4 is 34.3 Å². The van der Waals surface area contributed by atoms with Crippen molar-refractivity contribution in [1.29, 1.82) is 0 Å². The monoisotopic (exact) mass is 360 g/mol. The Morgan fingerprint density at radius 1 is 1.28 bits per heavy atom. The fourth-order valence-corrected chi connectivity index (χ4v) is 3.34. The van der Waals surface area contributed by atoms with Crippen molar-refractivity contribution in [2.24, 2.45) is 5.10 Å². The molecule has 134 valence electrons. The molecule has 1 aromatic heterocycles. The van der Waals surface area contributed by atoms with Gasteiger partial charge in [0.1, 0.15) is 4.88 Å². The third kappa shape index (κ3) is 4.79. The van der Waals surface area contributed by atoms with Crippen LogP contribution in [0.5, 0.6) is 0 Å². The third-order valence-electron chi connectivity index (χ3n) is 3.80. The average Bonchev–Trinajstić information content (AvgIpc) is 3.06. The number of hydrogen-bond acceptors (Lipinski definition) is 7. The van der Waals surface area contributed by atoms with E-state index in [-0.39, 0.29) is 5.97 Å². The fourth-order valence-electron chi connectivity index (χ4n) is 2.41. The van der Waals surface area contributed by atoms with Gasteiger partial charge in [-0.15, -0.1) is 0 Å². The van der Waals surface area contributed by atoms with Crippen LogP contribution in [0.15, 0.2) is 29.4 Å². The Morgan fingerprint density at radius 2 is 1.96 bits per heavy atom. The Hall–Kier alpha value is -2.41. The molecule has 0 aliphatic carbocycles. The van der Waals surface area contributed by atoms with Crippen LogP contribution in [0.1, 0.15) is 41.7 Å². The molecule has 7 heteroatoms. The molecule has 0 spiro atoms. The van der Waals surface area contributed by atoms with Crippen molar-refractivity contribution in [1.82, 2.24) is 4.98 Å². The van der Waals surface area contributed by atoms with Crippen LogP contribution in [-0.4, -0.2) is 37.4 Å². The minimum Gasteiger partial charge on any atom is -0.465 e. The predicted molar refractivity (Wildman–Crippen MR) is 104 cm³/mol. The molecule has 0 amide bonds. The number of rotatable bonds is 8. The molecule has 1 aromatic carbocycles. The number of ether oxygens (including phenoxy) is 1. The predicted octanol–water partition coefficient (Wildman–Crippen LogP) is 3.78. The van der Waals surface area contributed by atoms with Crippen molar-refractivity contribution in [2.45, 2.75) is 27.2 Å². The van der Waals surface area contributed by atoms with Crippen molar-refractivity contribution < 1.29 is 9.53 Å². The second-order valence-corrected chi connectivity index (χ2v) is 6.27. The van der Waals surface area contributed by atoms with Gasteiger partial charge in [0.15, 0.2) is 0 Å². The van der Waals surface area contributed by atoms with Crippen LogP contribution < -0.4 is 10.3 Å². The van der Waals surface area contributed by atoms with Crippen LogP contribution in [0.25, 0.3) is 0 Å².